The summed E-state index contributed by atoms with van der Waals surface area (Å²) in [6, 6.07) is 6.47. The maximum absolute atomic E-state index is 13.1. The van der Waals surface area contributed by atoms with Gasteiger partial charge in [-0.1, -0.05) is 24.0 Å². The standard InChI is InChI=1S/C24H25N3O8S3/c1-30-14-7-12(8-15(31-2)19(14)34-5)9-18-23(29)27(24(37)38-18)26-22(36)21(28)25-13-10-16(32-3)20(35-6)17(11-13)33-4/h7-11H,1-6H3,(H,25,28)(H,26,36)/b18-9+. The van der Waals surface area contributed by atoms with E-state index in [2.05, 4.69) is 10.7 Å². The van der Waals surface area contributed by atoms with Gasteiger partial charge in [0.25, 0.3) is 11.8 Å². The lowest BCUT2D eigenvalue weighted by atomic mass is 10.1. The van der Waals surface area contributed by atoms with E-state index in [1.54, 1.807) is 30.3 Å². The SMILES string of the molecule is COc1cc(/C=C2/SC(=S)N(NC(=S)C(=O)Nc3cc(OC)c(OC)c(OC)c3)C2=O)cc(OC)c1OC. The minimum absolute atomic E-state index is 0.164. The number of carbonyl (C=O) groups excluding carboxylic acids is 2. The molecule has 0 atom stereocenters. The Labute approximate surface area is 234 Å². The molecule has 0 saturated carbocycles. The highest BCUT2D eigenvalue weighted by atomic mass is 32.2. The Bertz CT molecular complexity index is 1260. The van der Waals surface area contributed by atoms with Crippen LogP contribution in [-0.2, 0) is 9.59 Å². The summed E-state index contributed by atoms with van der Waals surface area (Å²) in [7, 11) is 8.86. The van der Waals surface area contributed by atoms with Crippen LogP contribution in [0.15, 0.2) is 29.2 Å². The second-order valence-electron chi connectivity index (χ2n) is 7.28. The summed E-state index contributed by atoms with van der Waals surface area (Å²) in [5.74, 6) is 1.15. The fourth-order valence-electron chi connectivity index (χ4n) is 3.39. The Hall–Kier alpha value is -3.75. The van der Waals surface area contributed by atoms with Gasteiger partial charge < -0.3 is 33.7 Å². The van der Waals surface area contributed by atoms with Crippen molar-refractivity contribution in [3.05, 3.63) is 34.7 Å². The van der Waals surface area contributed by atoms with E-state index in [9.17, 15) is 9.59 Å². The smallest absolute Gasteiger partial charge is 0.285 e. The van der Waals surface area contributed by atoms with E-state index in [1.165, 1.54) is 42.7 Å². The van der Waals surface area contributed by atoms with Crippen molar-refractivity contribution in [2.24, 2.45) is 0 Å². The Kier molecular flexibility index (Phi) is 9.61. The normalized spacial score (nSPS) is 13.7. The van der Waals surface area contributed by atoms with Crippen molar-refractivity contribution in [2.75, 3.05) is 48.0 Å². The Balaban J connectivity index is 1.77. The van der Waals surface area contributed by atoms with Crippen LogP contribution in [-0.4, -0.2) is 68.8 Å². The molecule has 0 aliphatic carbocycles. The largest absolute Gasteiger partial charge is 0.493 e. The van der Waals surface area contributed by atoms with Crippen molar-refractivity contribution >= 4 is 69.1 Å². The molecule has 3 rings (SSSR count). The molecule has 2 N–H and O–H groups in total. The van der Waals surface area contributed by atoms with Gasteiger partial charge in [-0.3, -0.25) is 15.0 Å². The zero-order valence-electron chi connectivity index (χ0n) is 21.3. The van der Waals surface area contributed by atoms with Crippen molar-refractivity contribution < 1.29 is 38.0 Å². The van der Waals surface area contributed by atoms with Crippen LogP contribution in [0.5, 0.6) is 34.5 Å². The number of thioether (sulfide) groups is 1. The second kappa shape index (κ2) is 12.7. The number of nitrogens with zero attached hydrogens (tertiary/aromatic N) is 1. The molecular weight excluding hydrogens is 554 g/mol. The highest BCUT2D eigenvalue weighted by Gasteiger charge is 2.34. The number of hydrazine groups is 1. The van der Waals surface area contributed by atoms with E-state index in [0.29, 0.717) is 50.7 Å². The van der Waals surface area contributed by atoms with E-state index in [-0.39, 0.29) is 9.31 Å². The van der Waals surface area contributed by atoms with Crippen LogP contribution in [0.25, 0.3) is 6.08 Å². The first-order chi connectivity index (χ1) is 18.2. The highest BCUT2D eigenvalue weighted by molar-refractivity contribution is 8.26. The third-order valence-electron chi connectivity index (χ3n) is 5.12. The molecule has 1 fully saturated rings. The first-order valence-electron chi connectivity index (χ1n) is 10.7. The fourth-order valence-corrected chi connectivity index (χ4v) is 4.72. The molecule has 0 unspecified atom stereocenters. The van der Waals surface area contributed by atoms with Gasteiger partial charge in [0.05, 0.1) is 47.6 Å². The van der Waals surface area contributed by atoms with Gasteiger partial charge in [0.15, 0.2) is 32.3 Å². The van der Waals surface area contributed by atoms with Crippen molar-refractivity contribution in [2.45, 2.75) is 0 Å². The summed E-state index contributed by atoms with van der Waals surface area (Å²) in [5.41, 5.74) is 3.55. The number of benzene rings is 2. The lowest BCUT2D eigenvalue weighted by Gasteiger charge is -2.18. The first-order valence-corrected chi connectivity index (χ1v) is 12.3. The van der Waals surface area contributed by atoms with Crippen molar-refractivity contribution in [1.29, 1.82) is 0 Å². The first kappa shape index (κ1) is 28.8. The second-order valence-corrected chi connectivity index (χ2v) is 9.37. The molecule has 14 heteroatoms. The van der Waals surface area contributed by atoms with E-state index < -0.39 is 11.8 Å². The molecule has 1 aliphatic heterocycles. The van der Waals surface area contributed by atoms with Crippen molar-refractivity contribution in [3.63, 3.8) is 0 Å². The molecule has 0 bridgehead atoms. The van der Waals surface area contributed by atoms with Gasteiger partial charge in [-0.05, 0) is 36.0 Å². The van der Waals surface area contributed by atoms with Crippen LogP contribution in [0.3, 0.4) is 0 Å². The number of amides is 2. The fraction of sp³-hybridized carbons (Fsp3) is 0.250. The third kappa shape index (κ3) is 6.03. The van der Waals surface area contributed by atoms with Crippen molar-refractivity contribution in [3.8, 4) is 34.5 Å². The zero-order valence-corrected chi connectivity index (χ0v) is 23.8. The van der Waals surface area contributed by atoms with Gasteiger partial charge in [0, 0.05) is 17.8 Å². The molecule has 0 aromatic heterocycles. The van der Waals surface area contributed by atoms with Gasteiger partial charge in [0.2, 0.25) is 11.5 Å². The summed E-state index contributed by atoms with van der Waals surface area (Å²) in [5, 5.41) is 3.66. The number of methoxy groups -OCH3 is 6. The third-order valence-corrected chi connectivity index (χ3v) is 6.70. The van der Waals surface area contributed by atoms with E-state index in [4.69, 9.17) is 52.9 Å². The van der Waals surface area contributed by atoms with Crippen molar-refractivity contribution in [1.82, 2.24) is 10.4 Å². The monoisotopic (exact) mass is 579 g/mol. The number of thiocarbonyl (C=S) groups is 2. The molecule has 1 heterocycles. The van der Waals surface area contributed by atoms with Crippen LogP contribution in [0.1, 0.15) is 5.56 Å². The van der Waals surface area contributed by atoms with E-state index in [1.807, 2.05) is 0 Å². The van der Waals surface area contributed by atoms with Gasteiger partial charge in [-0.25, -0.2) is 0 Å². The van der Waals surface area contributed by atoms with Crippen LogP contribution < -0.4 is 39.2 Å². The van der Waals surface area contributed by atoms with Gasteiger partial charge >= 0.3 is 0 Å². The average Bonchev–Trinajstić information content (AvgIpc) is 3.18. The Morgan fingerprint density at radius 2 is 1.32 bits per heavy atom. The highest BCUT2D eigenvalue weighted by Crippen LogP contribution is 2.41. The number of rotatable bonds is 9. The topological polar surface area (TPSA) is 117 Å². The molecular formula is C24H25N3O8S3. The number of ether oxygens (including phenoxy) is 6. The number of hydrogen-bond donors (Lipinski definition) is 2. The predicted octanol–water partition coefficient (Wildman–Crippen LogP) is 3.41. The van der Waals surface area contributed by atoms with Gasteiger partial charge in [0.1, 0.15) is 0 Å². The molecule has 2 amide bonds. The lowest BCUT2D eigenvalue weighted by Crippen LogP contribution is -2.48. The average molecular weight is 580 g/mol. The number of nitrogens with one attached hydrogen (secondary N) is 2. The molecule has 2 aromatic carbocycles. The minimum atomic E-state index is -0.683. The molecule has 0 radical (unpaired) electrons. The quantitative estimate of drug-likeness (QED) is 0.335. The number of hydrogen-bond acceptors (Lipinski definition) is 11. The number of anilines is 1. The number of carbonyl (C=O) groups is 2. The molecule has 11 nitrogen and oxygen atoms in total. The van der Waals surface area contributed by atoms with Crippen LogP contribution >= 0.6 is 36.2 Å². The molecule has 38 heavy (non-hydrogen) atoms. The summed E-state index contributed by atoms with van der Waals surface area (Å²) in [6.07, 6.45) is 1.62. The van der Waals surface area contributed by atoms with Crippen LogP contribution in [0.2, 0.25) is 0 Å². The van der Waals surface area contributed by atoms with E-state index >= 15 is 0 Å². The Morgan fingerprint density at radius 1 is 0.842 bits per heavy atom. The molecule has 1 saturated heterocycles. The lowest BCUT2D eigenvalue weighted by molar-refractivity contribution is -0.123. The van der Waals surface area contributed by atoms with Crippen LogP contribution in [0, 0.1) is 0 Å². The van der Waals surface area contributed by atoms with Gasteiger partial charge in [-0.15, -0.1) is 0 Å². The molecule has 2 aromatic rings. The minimum Gasteiger partial charge on any atom is -0.493 e. The summed E-state index contributed by atoms with van der Waals surface area (Å²) >= 11 is 11.6. The maximum atomic E-state index is 13.1. The van der Waals surface area contributed by atoms with Crippen LogP contribution in [0.4, 0.5) is 5.69 Å². The van der Waals surface area contributed by atoms with Gasteiger partial charge in [-0.2, -0.15) is 5.01 Å². The Morgan fingerprint density at radius 3 is 1.76 bits per heavy atom. The summed E-state index contributed by atoms with van der Waals surface area (Å²) in [6.45, 7) is 0. The molecule has 1 aliphatic rings. The maximum Gasteiger partial charge on any atom is 0.285 e. The summed E-state index contributed by atoms with van der Waals surface area (Å²) < 4.78 is 32.1. The predicted molar refractivity (Wildman–Crippen MR) is 152 cm³/mol. The molecule has 0 spiro atoms. The molecule has 202 valence electrons. The zero-order chi connectivity index (χ0) is 28.0. The summed E-state index contributed by atoms with van der Waals surface area (Å²) in [4.78, 5) is 25.8. The van der Waals surface area contributed by atoms with E-state index in [0.717, 1.165) is 16.8 Å².